The Balaban J connectivity index is 1.66. The number of halogens is 1. The van der Waals surface area contributed by atoms with Gasteiger partial charge in [-0.25, -0.2) is 9.18 Å². The number of amides is 3. The monoisotopic (exact) mass is 439 g/mol. The number of urea groups is 1. The van der Waals surface area contributed by atoms with Crippen molar-refractivity contribution in [2.45, 2.75) is 43.6 Å². The predicted octanol–water partition coefficient (Wildman–Crippen LogP) is 3.46. The summed E-state index contributed by atoms with van der Waals surface area (Å²) in [6.07, 6.45) is 0.556. The largest absolute Gasteiger partial charge is 0.334 e. The van der Waals surface area contributed by atoms with E-state index in [-0.39, 0.29) is 24.2 Å². The van der Waals surface area contributed by atoms with Crippen LogP contribution in [-0.4, -0.2) is 32.7 Å². The van der Waals surface area contributed by atoms with Gasteiger partial charge < -0.3 is 5.32 Å². The van der Waals surface area contributed by atoms with Gasteiger partial charge in [-0.15, -0.1) is 10.2 Å². The third kappa shape index (κ3) is 4.93. The zero-order chi connectivity index (χ0) is 22.0. The fourth-order valence-corrected chi connectivity index (χ4v) is 4.39. The molecule has 3 amide bonds. The number of benzene rings is 2. The molecule has 1 saturated heterocycles. The number of rotatable bonds is 6. The second-order valence-corrected chi connectivity index (χ2v) is 8.51. The van der Waals surface area contributed by atoms with Crippen LogP contribution in [0.4, 0.5) is 9.18 Å². The molecule has 0 spiro atoms. The van der Waals surface area contributed by atoms with Gasteiger partial charge in [0.15, 0.2) is 5.16 Å². The van der Waals surface area contributed by atoms with E-state index >= 15 is 0 Å². The molecule has 1 fully saturated rings. The molecule has 3 aromatic rings. The van der Waals surface area contributed by atoms with Crippen molar-refractivity contribution in [2.75, 3.05) is 0 Å². The quantitative estimate of drug-likeness (QED) is 0.575. The van der Waals surface area contributed by atoms with Gasteiger partial charge in [0.25, 0.3) is 0 Å². The van der Waals surface area contributed by atoms with Gasteiger partial charge in [-0.05, 0) is 48.7 Å². The van der Waals surface area contributed by atoms with Gasteiger partial charge in [0, 0.05) is 24.6 Å². The number of aryl methyl sites for hydroxylation is 2. The van der Waals surface area contributed by atoms with E-state index in [9.17, 15) is 14.0 Å². The van der Waals surface area contributed by atoms with Gasteiger partial charge in [-0.3, -0.25) is 14.7 Å². The van der Waals surface area contributed by atoms with Crippen LogP contribution in [0.25, 0.3) is 5.69 Å². The third-order valence-electron chi connectivity index (χ3n) is 5.04. The van der Waals surface area contributed by atoms with E-state index < -0.39 is 6.03 Å². The fraction of sp³-hybridized carbons (Fsp3) is 0.273. The van der Waals surface area contributed by atoms with Gasteiger partial charge in [0.05, 0.1) is 5.69 Å². The van der Waals surface area contributed by atoms with Crippen LogP contribution < -0.4 is 10.6 Å². The van der Waals surface area contributed by atoms with Crippen molar-refractivity contribution in [3.05, 3.63) is 70.8 Å². The zero-order valence-electron chi connectivity index (χ0n) is 17.2. The topological polar surface area (TPSA) is 88.9 Å². The van der Waals surface area contributed by atoms with E-state index in [0.29, 0.717) is 23.2 Å². The van der Waals surface area contributed by atoms with Crippen molar-refractivity contribution in [3.63, 3.8) is 0 Å². The van der Waals surface area contributed by atoms with Crippen LogP contribution in [0.1, 0.15) is 28.9 Å². The Morgan fingerprint density at radius 2 is 1.90 bits per heavy atom. The van der Waals surface area contributed by atoms with Gasteiger partial charge in [-0.2, -0.15) is 0 Å². The molecular weight excluding hydrogens is 417 g/mol. The van der Waals surface area contributed by atoms with E-state index in [1.165, 1.54) is 23.9 Å². The van der Waals surface area contributed by atoms with Gasteiger partial charge >= 0.3 is 6.03 Å². The number of imide groups is 1. The summed E-state index contributed by atoms with van der Waals surface area (Å²) in [5.41, 5.74) is 4.08. The van der Waals surface area contributed by atoms with E-state index in [2.05, 4.69) is 26.9 Å². The molecule has 2 heterocycles. The minimum atomic E-state index is -0.495. The maximum absolute atomic E-state index is 13.2. The molecule has 1 atom stereocenters. The average molecular weight is 440 g/mol. The van der Waals surface area contributed by atoms with Crippen molar-refractivity contribution < 1.29 is 14.0 Å². The summed E-state index contributed by atoms with van der Waals surface area (Å²) in [6, 6.07) is 11.7. The first-order chi connectivity index (χ1) is 14.9. The predicted molar refractivity (Wildman–Crippen MR) is 116 cm³/mol. The van der Waals surface area contributed by atoms with E-state index in [1.807, 2.05) is 30.5 Å². The van der Waals surface area contributed by atoms with Crippen LogP contribution in [0, 0.1) is 19.7 Å². The molecule has 31 heavy (non-hydrogen) atoms. The minimum absolute atomic E-state index is 0.184. The van der Waals surface area contributed by atoms with E-state index in [4.69, 9.17) is 0 Å². The summed E-state index contributed by atoms with van der Waals surface area (Å²) in [5, 5.41) is 14.5. The standard InChI is InChI=1S/C22H22FN5O2S/c1-13-3-4-14(2)18(9-13)28-19(10-17-11-20(29)25-21(30)24-17)26-27-22(28)31-12-15-5-7-16(23)8-6-15/h3-9,17H,10-12H2,1-2H3,(H2,24,25,29,30). The highest BCUT2D eigenvalue weighted by molar-refractivity contribution is 7.98. The van der Waals surface area contributed by atoms with Crippen LogP contribution in [0.15, 0.2) is 47.6 Å². The molecule has 1 aliphatic rings. The van der Waals surface area contributed by atoms with Gasteiger partial charge in [-0.1, -0.05) is 36.0 Å². The minimum Gasteiger partial charge on any atom is -0.334 e. The average Bonchev–Trinajstić information content (AvgIpc) is 3.11. The molecule has 160 valence electrons. The molecule has 0 saturated carbocycles. The van der Waals surface area contributed by atoms with Crippen molar-refractivity contribution >= 4 is 23.7 Å². The first-order valence-electron chi connectivity index (χ1n) is 9.88. The fourth-order valence-electron chi connectivity index (χ4n) is 3.47. The van der Waals surface area contributed by atoms with Crippen LogP contribution in [0.3, 0.4) is 0 Å². The number of hydrogen-bond acceptors (Lipinski definition) is 5. The molecule has 1 aromatic heterocycles. The maximum atomic E-state index is 13.2. The SMILES string of the molecule is Cc1ccc(C)c(-n2c(CC3CC(=O)NC(=O)N3)nnc2SCc2ccc(F)cc2)c1. The molecule has 1 aliphatic heterocycles. The Hall–Kier alpha value is -3.20. The number of nitrogens with one attached hydrogen (secondary N) is 2. The van der Waals surface area contributed by atoms with Crippen LogP contribution in [0.2, 0.25) is 0 Å². The Labute approximate surface area is 183 Å². The highest BCUT2D eigenvalue weighted by atomic mass is 32.2. The molecule has 9 heteroatoms. The number of hydrogen-bond donors (Lipinski definition) is 2. The molecule has 0 radical (unpaired) electrons. The smallest absolute Gasteiger partial charge is 0.321 e. The van der Waals surface area contributed by atoms with Crippen LogP contribution in [0.5, 0.6) is 0 Å². The number of carbonyl (C=O) groups excluding carboxylic acids is 2. The molecule has 0 bridgehead atoms. The molecule has 2 N–H and O–H groups in total. The molecule has 4 rings (SSSR count). The van der Waals surface area contributed by atoms with Gasteiger partial charge in [0.1, 0.15) is 11.6 Å². The lowest BCUT2D eigenvalue weighted by molar-refractivity contribution is -0.121. The number of thioether (sulfide) groups is 1. The second kappa shape index (κ2) is 8.89. The van der Waals surface area contributed by atoms with Crippen molar-refractivity contribution in [2.24, 2.45) is 0 Å². The summed E-state index contributed by atoms with van der Waals surface area (Å²) in [4.78, 5) is 23.5. The summed E-state index contributed by atoms with van der Waals surface area (Å²) in [5.74, 6) is 0.687. The zero-order valence-corrected chi connectivity index (χ0v) is 18.0. The Morgan fingerprint density at radius 1 is 1.13 bits per heavy atom. The second-order valence-electron chi connectivity index (χ2n) is 7.57. The lowest BCUT2D eigenvalue weighted by Gasteiger charge is -2.23. The lowest BCUT2D eigenvalue weighted by Crippen LogP contribution is -2.53. The van der Waals surface area contributed by atoms with E-state index in [0.717, 1.165) is 22.4 Å². The summed E-state index contributed by atoms with van der Waals surface area (Å²) < 4.78 is 15.2. The highest BCUT2D eigenvalue weighted by Gasteiger charge is 2.27. The molecular formula is C22H22FN5O2S. The molecule has 2 aromatic carbocycles. The summed E-state index contributed by atoms with van der Waals surface area (Å²) in [6.45, 7) is 4.03. The first kappa shape index (κ1) is 21.0. The van der Waals surface area contributed by atoms with Crippen molar-refractivity contribution in [3.8, 4) is 5.69 Å². The number of nitrogens with zero attached hydrogens (tertiary/aromatic N) is 3. The van der Waals surface area contributed by atoms with Crippen molar-refractivity contribution in [1.82, 2.24) is 25.4 Å². The Bertz CT molecular complexity index is 1110. The molecule has 0 aliphatic carbocycles. The third-order valence-corrected chi connectivity index (χ3v) is 6.04. The Morgan fingerprint density at radius 3 is 2.65 bits per heavy atom. The normalized spacial score (nSPS) is 16.2. The summed E-state index contributed by atoms with van der Waals surface area (Å²) >= 11 is 1.50. The first-order valence-corrected chi connectivity index (χ1v) is 10.9. The van der Waals surface area contributed by atoms with Crippen LogP contribution in [-0.2, 0) is 17.0 Å². The van der Waals surface area contributed by atoms with Crippen molar-refractivity contribution in [1.29, 1.82) is 0 Å². The van der Waals surface area contributed by atoms with E-state index in [1.54, 1.807) is 12.1 Å². The van der Waals surface area contributed by atoms with Gasteiger partial charge in [0.2, 0.25) is 5.91 Å². The summed E-state index contributed by atoms with van der Waals surface area (Å²) in [7, 11) is 0. The number of aromatic nitrogens is 3. The Kier molecular flexibility index (Phi) is 6.03. The highest BCUT2D eigenvalue weighted by Crippen LogP contribution is 2.28. The van der Waals surface area contributed by atoms with Crippen LogP contribution >= 0.6 is 11.8 Å². The number of carbonyl (C=O) groups is 2. The molecule has 1 unspecified atom stereocenters. The maximum Gasteiger partial charge on any atom is 0.321 e. The lowest BCUT2D eigenvalue weighted by atomic mass is 10.1. The molecule has 7 nitrogen and oxygen atoms in total.